The smallest absolute Gasteiger partial charge is 0.276 e. The minimum atomic E-state index is -0.00606. The Morgan fingerprint density at radius 1 is 1.52 bits per heavy atom. The summed E-state index contributed by atoms with van der Waals surface area (Å²) in [5.41, 5.74) is 1.93. The number of carbonyl (C=O) groups excluding carboxylic acids is 1. The fourth-order valence-electron chi connectivity index (χ4n) is 3.75. The minimum absolute atomic E-state index is 0.00606. The van der Waals surface area contributed by atoms with Gasteiger partial charge in [0.2, 0.25) is 0 Å². The largest absolute Gasteiger partial charge is 0.361 e. The van der Waals surface area contributed by atoms with Crippen LogP contribution in [0.5, 0.6) is 0 Å². The number of aromatic nitrogens is 1. The predicted octanol–water partition coefficient (Wildman–Crippen LogP) is 2.83. The summed E-state index contributed by atoms with van der Waals surface area (Å²) in [6.45, 7) is 4.59. The summed E-state index contributed by atoms with van der Waals surface area (Å²) in [5.74, 6) is 0.671. The average molecular weight is 331 g/mol. The maximum atomic E-state index is 13.0. The number of nitrogens with one attached hydrogen (secondary N) is 1. The lowest BCUT2D eigenvalue weighted by molar-refractivity contribution is 0.0682. The summed E-state index contributed by atoms with van der Waals surface area (Å²) in [4.78, 5) is 15.0. The van der Waals surface area contributed by atoms with Crippen LogP contribution >= 0.6 is 11.3 Å². The maximum Gasteiger partial charge on any atom is 0.276 e. The van der Waals surface area contributed by atoms with Gasteiger partial charge in [-0.25, -0.2) is 0 Å². The molecule has 1 saturated carbocycles. The molecular formula is C17H21N3O2S. The van der Waals surface area contributed by atoms with Gasteiger partial charge in [-0.15, -0.1) is 0 Å². The molecule has 1 unspecified atom stereocenters. The molecule has 6 heteroatoms. The van der Waals surface area contributed by atoms with Crippen LogP contribution in [0.2, 0.25) is 0 Å². The van der Waals surface area contributed by atoms with Gasteiger partial charge in [0.15, 0.2) is 5.69 Å². The van der Waals surface area contributed by atoms with Crippen LogP contribution in [-0.2, 0) is 6.54 Å². The molecule has 0 radical (unpaired) electrons. The second-order valence-corrected chi connectivity index (χ2v) is 7.50. The third-order valence-corrected chi connectivity index (χ3v) is 5.90. The SMILES string of the molecule is Cc1cc(C(=O)N(Cc2ccsc2)C2CC23CCNCC3)no1. The van der Waals surface area contributed by atoms with Crippen LogP contribution in [0.15, 0.2) is 27.4 Å². The molecule has 2 fully saturated rings. The number of aryl methyl sites for hydroxylation is 1. The Balaban J connectivity index is 1.58. The van der Waals surface area contributed by atoms with E-state index in [9.17, 15) is 4.79 Å². The number of hydrogen-bond acceptors (Lipinski definition) is 5. The van der Waals surface area contributed by atoms with Crippen LogP contribution in [0.25, 0.3) is 0 Å². The second kappa shape index (κ2) is 5.76. The molecule has 1 saturated heterocycles. The van der Waals surface area contributed by atoms with Crippen molar-refractivity contribution in [3.8, 4) is 0 Å². The molecule has 1 aliphatic heterocycles. The quantitative estimate of drug-likeness (QED) is 0.936. The van der Waals surface area contributed by atoms with Crippen LogP contribution in [-0.4, -0.2) is 35.1 Å². The molecule has 2 aromatic heterocycles. The van der Waals surface area contributed by atoms with Gasteiger partial charge in [0, 0.05) is 18.7 Å². The van der Waals surface area contributed by atoms with E-state index in [2.05, 4.69) is 27.3 Å². The van der Waals surface area contributed by atoms with Crippen molar-refractivity contribution in [3.63, 3.8) is 0 Å². The zero-order chi connectivity index (χ0) is 15.9. The summed E-state index contributed by atoms with van der Waals surface area (Å²) in [5, 5.41) is 11.5. The first-order chi connectivity index (χ1) is 11.2. The molecule has 1 N–H and O–H groups in total. The van der Waals surface area contributed by atoms with Crippen LogP contribution < -0.4 is 5.32 Å². The molecule has 23 heavy (non-hydrogen) atoms. The molecule has 4 rings (SSSR count). The highest BCUT2D eigenvalue weighted by Gasteiger charge is 2.58. The van der Waals surface area contributed by atoms with Crippen LogP contribution in [0.1, 0.15) is 41.1 Å². The van der Waals surface area contributed by atoms with Crippen molar-refractivity contribution in [2.24, 2.45) is 5.41 Å². The van der Waals surface area contributed by atoms with Crippen molar-refractivity contribution in [1.82, 2.24) is 15.4 Å². The molecule has 122 valence electrons. The first kappa shape index (κ1) is 14.9. The van der Waals surface area contributed by atoms with Crippen molar-refractivity contribution in [2.75, 3.05) is 13.1 Å². The third-order valence-electron chi connectivity index (χ3n) is 5.16. The van der Waals surface area contributed by atoms with E-state index in [1.807, 2.05) is 11.8 Å². The van der Waals surface area contributed by atoms with Crippen LogP contribution in [0, 0.1) is 12.3 Å². The van der Waals surface area contributed by atoms with Crippen molar-refractivity contribution >= 4 is 17.2 Å². The summed E-state index contributed by atoms with van der Waals surface area (Å²) in [7, 11) is 0. The highest BCUT2D eigenvalue weighted by molar-refractivity contribution is 7.07. The van der Waals surface area contributed by atoms with Gasteiger partial charge in [0.1, 0.15) is 5.76 Å². The van der Waals surface area contributed by atoms with Gasteiger partial charge in [-0.05, 0) is 67.1 Å². The van der Waals surface area contributed by atoms with Crippen LogP contribution in [0.4, 0.5) is 0 Å². The summed E-state index contributed by atoms with van der Waals surface area (Å²) >= 11 is 1.67. The molecule has 0 bridgehead atoms. The Morgan fingerprint density at radius 3 is 3.00 bits per heavy atom. The fourth-order valence-corrected chi connectivity index (χ4v) is 4.41. The molecular weight excluding hydrogens is 310 g/mol. The summed E-state index contributed by atoms with van der Waals surface area (Å²) in [6.07, 6.45) is 3.42. The second-order valence-electron chi connectivity index (χ2n) is 6.72. The first-order valence-corrected chi connectivity index (χ1v) is 9.08. The number of piperidine rings is 1. The molecule has 1 spiro atoms. The lowest BCUT2D eigenvalue weighted by Crippen LogP contribution is -2.39. The number of carbonyl (C=O) groups is 1. The summed E-state index contributed by atoms with van der Waals surface area (Å²) in [6, 6.07) is 4.16. The van der Waals surface area contributed by atoms with E-state index in [0.717, 1.165) is 32.4 Å². The zero-order valence-corrected chi connectivity index (χ0v) is 14.1. The van der Waals surface area contributed by atoms with Gasteiger partial charge in [-0.3, -0.25) is 4.79 Å². The van der Waals surface area contributed by atoms with Gasteiger partial charge in [0.05, 0.1) is 0 Å². The average Bonchev–Trinajstić information content (AvgIpc) is 2.97. The lowest BCUT2D eigenvalue weighted by atomic mass is 9.93. The lowest BCUT2D eigenvalue weighted by Gasteiger charge is -2.29. The van der Waals surface area contributed by atoms with E-state index in [0.29, 0.717) is 29.5 Å². The highest BCUT2D eigenvalue weighted by atomic mass is 32.1. The van der Waals surface area contributed by atoms with Gasteiger partial charge in [0.25, 0.3) is 5.91 Å². The fraction of sp³-hybridized carbons (Fsp3) is 0.529. The van der Waals surface area contributed by atoms with E-state index in [-0.39, 0.29) is 5.91 Å². The number of nitrogens with zero attached hydrogens (tertiary/aromatic N) is 2. The molecule has 1 aliphatic carbocycles. The van der Waals surface area contributed by atoms with E-state index < -0.39 is 0 Å². The normalized spacial score (nSPS) is 22.2. The minimum Gasteiger partial charge on any atom is -0.361 e. The van der Waals surface area contributed by atoms with Crippen molar-refractivity contribution in [1.29, 1.82) is 0 Å². The van der Waals surface area contributed by atoms with Crippen molar-refractivity contribution < 1.29 is 9.32 Å². The van der Waals surface area contributed by atoms with Crippen LogP contribution in [0.3, 0.4) is 0 Å². The number of thiophene rings is 1. The standard InChI is InChI=1S/C17H21N3O2S/c1-12-8-14(19-22-12)16(21)20(10-13-2-7-23-11-13)15-9-17(15)3-5-18-6-4-17/h2,7-8,11,15,18H,3-6,9-10H2,1H3. The van der Waals surface area contributed by atoms with Crippen molar-refractivity contribution in [3.05, 3.63) is 39.9 Å². The van der Waals surface area contributed by atoms with Gasteiger partial charge in [-0.2, -0.15) is 11.3 Å². The number of amides is 1. The highest BCUT2D eigenvalue weighted by Crippen LogP contribution is 2.56. The zero-order valence-electron chi connectivity index (χ0n) is 13.2. The Labute approximate surface area is 139 Å². The van der Waals surface area contributed by atoms with E-state index in [1.54, 1.807) is 17.4 Å². The monoisotopic (exact) mass is 331 g/mol. The number of rotatable bonds is 4. The molecule has 1 amide bonds. The van der Waals surface area contributed by atoms with E-state index in [4.69, 9.17) is 4.52 Å². The maximum absolute atomic E-state index is 13.0. The van der Waals surface area contributed by atoms with E-state index in [1.165, 1.54) is 5.56 Å². The molecule has 0 aromatic carbocycles. The number of hydrogen-bond donors (Lipinski definition) is 1. The van der Waals surface area contributed by atoms with Gasteiger partial charge < -0.3 is 14.7 Å². The topological polar surface area (TPSA) is 58.4 Å². The molecule has 5 nitrogen and oxygen atoms in total. The molecule has 2 aliphatic rings. The summed E-state index contributed by atoms with van der Waals surface area (Å²) < 4.78 is 5.10. The van der Waals surface area contributed by atoms with E-state index >= 15 is 0 Å². The van der Waals surface area contributed by atoms with Crippen molar-refractivity contribution in [2.45, 2.75) is 38.8 Å². The Kier molecular flexibility index (Phi) is 3.73. The first-order valence-electron chi connectivity index (χ1n) is 8.14. The third kappa shape index (κ3) is 2.81. The molecule has 2 aromatic rings. The molecule has 1 atom stereocenters. The van der Waals surface area contributed by atoms with Gasteiger partial charge >= 0.3 is 0 Å². The van der Waals surface area contributed by atoms with Gasteiger partial charge in [-0.1, -0.05) is 5.16 Å². The Bertz CT molecular complexity index is 689. The predicted molar refractivity (Wildman–Crippen MR) is 88.4 cm³/mol. The Hall–Kier alpha value is -1.66. The molecule has 3 heterocycles. The Morgan fingerprint density at radius 2 is 2.35 bits per heavy atom.